The second-order valence-corrected chi connectivity index (χ2v) is 7.63. The molecule has 2 aromatic carbocycles. The molecule has 1 amide bonds. The number of rotatable bonds is 8. The zero-order chi connectivity index (χ0) is 21.5. The summed E-state index contributed by atoms with van der Waals surface area (Å²) in [7, 11) is 0. The van der Waals surface area contributed by atoms with Gasteiger partial charge >= 0.3 is 5.69 Å². The lowest BCUT2D eigenvalue weighted by molar-refractivity contribution is -0.385. The van der Waals surface area contributed by atoms with Gasteiger partial charge < -0.3 is 19.9 Å². The highest BCUT2D eigenvalue weighted by Crippen LogP contribution is 2.30. The summed E-state index contributed by atoms with van der Waals surface area (Å²) in [5.74, 6) is -0.574. The van der Waals surface area contributed by atoms with E-state index in [0.717, 1.165) is 26.1 Å². The van der Waals surface area contributed by atoms with Gasteiger partial charge in [0.25, 0.3) is 5.91 Å². The van der Waals surface area contributed by atoms with E-state index in [9.17, 15) is 20.0 Å². The average molecular weight is 480 g/mol. The van der Waals surface area contributed by atoms with E-state index in [-0.39, 0.29) is 28.4 Å². The Labute approximate surface area is 181 Å². The third-order valence-corrected chi connectivity index (χ3v) is 5.10. The van der Waals surface area contributed by atoms with Crippen LogP contribution in [0, 0.1) is 10.1 Å². The Kier molecular flexibility index (Phi) is 7.61. The third kappa shape index (κ3) is 5.91. The maximum Gasteiger partial charge on any atom is 0.311 e. The van der Waals surface area contributed by atoms with Gasteiger partial charge in [-0.3, -0.25) is 19.8 Å². The predicted molar refractivity (Wildman–Crippen MR) is 114 cm³/mol. The summed E-state index contributed by atoms with van der Waals surface area (Å²) in [5.41, 5.74) is -0.00491. The van der Waals surface area contributed by atoms with Crippen molar-refractivity contribution in [1.29, 1.82) is 0 Å². The van der Waals surface area contributed by atoms with E-state index in [4.69, 9.17) is 9.47 Å². The van der Waals surface area contributed by atoms with Crippen LogP contribution in [0.1, 0.15) is 16.8 Å². The number of halogens is 1. The number of hydrogen-bond acceptors (Lipinski definition) is 7. The van der Waals surface area contributed by atoms with Gasteiger partial charge in [-0.1, -0.05) is 15.9 Å². The molecule has 2 N–H and O–H groups in total. The Balaban J connectivity index is 1.63. The zero-order valence-corrected chi connectivity index (χ0v) is 17.8. The molecule has 0 aliphatic carbocycles. The number of amides is 1. The van der Waals surface area contributed by atoms with Crippen molar-refractivity contribution in [2.75, 3.05) is 44.8 Å². The van der Waals surface area contributed by atoms with E-state index in [1.54, 1.807) is 6.07 Å². The molecule has 1 heterocycles. The van der Waals surface area contributed by atoms with Crippen molar-refractivity contribution < 1.29 is 24.3 Å². The number of phenolic OH excluding ortho intramolecular Hbond substituents is 1. The molecule has 0 aromatic heterocycles. The Morgan fingerprint density at radius 2 is 2.03 bits per heavy atom. The van der Waals surface area contributed by atoms with Gasteiger partial charge in [-0.2, -0.15) is 0 Å². The van der Waals surface area contributed by atoms with Crippen LogP contribution in [0.4, 0.5) is 11.4 Å². The summed E-state index contributed by atoms with van der Waals surface area (Å²) in [6, 6.07) is 8.63. The molecule has 160 valence electrons. The standard InChI is InChI=1S/C20H22BrN3O6/c21-15-3-4-18(25)16(13-15)22-20(26)14-2-5-19(17(12-14)24(27)28)30-9-1-6-23-7-10-29-11-8-23/h2-5,12-13,25H,1,6-11H2,(H,22,26). The van der Waals surface area contributed by atoms with Crippen LogP contribution < -0.4 is 10.1 Å². The van der Waals surface area contributed by atoms with E-state index in [1.807, 2.05) is 0 Å². The number of nitrogens with zero attached hydrogens (tertiary/aromatic N) is 2. The monoisotopic (exact) mass is 479 g/mol. The second kappa shape index (κ2) is 10.4. The number of hydrogen-bond donors (Lipinski definition) is 2. The SMILES string of the molecule is O=C(Nc1cc(Br)ccc1O)c1ccc(OCCCN2CCOCC2)c([N+](=O)[O-])c1. The van der Waals surface area contributed by atoms with Crippen LogP contribution in [0.5, 0.6) is 11.5 Å². The maximum absolute atomic E-state index is 12.5. The summed E-state index contributed by atoms with van der Waals surface area (Å²) in [6.07, 6.45) is 0.724. The summed E-state index contributed by atoms with van der Waals surface area (Å²) in [5, 5.41) is 23.9. The number of carbonyl (C=O) groups excluding carboxylic acids is 1. The lowest BCUT2D eigenvalue weighted by Crippen LogP contribution is -2.37. The molecule has 1 aliphatic rings. The van der Waals surface area contributed by atoms with Gasteiger partial charge in [0.15, 0.2) is 5.75 Å². The van der Waals surface area contributed by atoms with Crippen LogP contribution in [0.15, 0.2) is 40.9 Å². The van der Waals surface area contributed by atoms with Gasteiger partial charge in [0.2, 0.25) is 0 Å². The van der Waals surface area contributed by atoms with Gasteiger partial charge in [-0.25, -0.2) is 0 Å². The van der Waals surface area contributed by atoms with Crippen LogP contribution in [0.25, 0.3) is 0 Å². The van der Waals surface area contributed by atoms with Gasteiger partial charge in [0.05, 0.1) is 30.4 Å². The molecule has 1 saturated heterocycles. The Morgan fingerprint density at radius 1 is 1.27 bits per heavy atom. The molecule has 9 nitrogen and oxygen atoms in total. The van der Waals surface area contributed by atoms with Crippen molar-refractivity contribution in [2.24, 2.45) is 0 Å². The van der Waals surface area contributed by atoms with Gasteiger partial charge in [-0.15, -0.1) is 0 Å². The normalized spacial score (nSPS) is 14.3. The highest BCUT2D eigenvalue weighted by atomic mass is 79.9. The molecule has 1 fully saturated rings. The fourth-order valence-electron chi connectivity index (χ4n) is 3.02. The number of nitro benzene ring substituents is 1. The Morgan fingerprint density at radius 3 is 2.77 bits per heavy atom. The predicted octanol–water partition coefficient (Wildman–Crippen LogP) is 3.42. The van der Waals surface area contributed by atoms with E-state index >= 15 is 0 Å². The molecule has 0 bridgehead atoms. The van der Waals surface area contributed by atoms with E-state index < -0.39 is 10.8 Å². The number of anilines is 1. The summed E-state index contributed by atoms with van der Waals surface area (Å²) < 4.78 is 11.6. The molecule has 0 spiro atoms. The van der Waals surface area contributed by atoms with E-state index in [0.29, 0.717) is 24.3 Å². The lowest BCUT2D eigenvalue weighted by atomic mass is 10.1. The molecular weight excluding hydrogens is 458 g/mol. The molecular formula is C20H22BrN3O6. The molecule has 30 heavy (non-hydrogen) atoms. The summed E-state index contributed by atoms with van der Waals surface area (Å²) in [6.45, 7) is 4.33. The molecule has 0 radical (unpaired) electrons. The smallest absolute Gasteiger partial charge is 0.311 e. The lowest BCUT2D eigenvalue weighted by Gasteiger charge is -2.26. The minimum Gasteiger partial charge on any atom is -0.506 e. The van der Waals surface area contributed by atoms with Gasteiger partial charge in [0, 0.05) is 35.7 Å². The Hall–Kier alpha value is -2.69. The van der Waals surface area contributed by atoms with E-state index in [1.165, 1.54) is 30.3 Å². The molecule has 3 rings (SSSR count). The number of benzene rings is 2. The third-order valence-electron chi connectivity index (χ3n) is 4.60. The van der Waals surface area contributed by atoms with Crippen molar-refractivity contribution >= 4 is 33.2 Å². The van der Waals surface area contributed by atoms with Crippen molar-refractivity contribution in [3.05, 3.63) is 56.5 Å². The number of nitro groups is 1. The zero-order valence-electron chi connectivity index (χ0n) is 16.2. The molecule has 0 unspecified atom stereocenters. The number of phenols is 1. The first kappa shape index (κ1) is 22.0. The Bertz CT molecular complexity index is 917. The first-order chi connectivity index (χ1) is 14.4. The highest BCUT2D eigenvalue weighted by Gasteiger charge is 2.20. The largest absolute Gasteiger partial charge is 0.506 e. The highest BCUT2D eigenvalue weighted by molar-refractivity contribution is 9.10. The van der Waals surface area contributed by atoms with Crippen molar-refractivity contribution in [3.63, 3.8) is 0 Å². The average Bonchev–Trinajstić information content (AvgIpc) is 2.74. The van der Waals surface area contributed by atoms with Crippen LogP contribution >= 0.6 is 15.9 Å². The molecule has 0 atom stereocenters. The van der Waals surface area contributed by atoms with Gasteiger partial charge in [0.1, 0.15) is 5.75 Å². The van der Waals surface area contributed by atoms with E-state index in [2.05, 4.69) is 26.1 Å². The quantitative estimate of drug-likeness (QED) is 0.258. The second-order valence-electron chi connectivity index (χ2n) is 6.71. The summed E-state index contributed by atoms with van der Waals surface area (Å²) >= 11 is 3.26. The minimum atomic E-state index is -0.579. The van der Waals surface area contributed by atoms with Gasteiger partial charge in [-0.05, 0) is 36.8 Å². The minimum absolute atomic E-state index is 0.0849. The molecule has 10 heteroatoms. The topological polar surface area (TPSA) is 114 Å². The number of nitrogens with one attached hydrogen (secondary N) is 1. The fourth-order valence-corrected chi connectivity index (χ4v) is 3.38. The molecule has 2 aromatic rings. The maximum atomic E-state index is 12.5. The number of ether oxygens (including phenoxy) is 2. The molecule has 0 saturated carbocycles. The van der Waals surface area contributed by atoms with Crippen LogP contribution in [0.3, 0.4) is 0 Å². The first-order valence-corrected chi connectivity index (χ1v) is 10.2. The number of carbonyl (C=O) groups is 1. The number of aromatic hydroxyl groups is 1. The fraction of sp³-hybridized carbons (Fsp3) is 0.350. The van der Waals surface area contributed by atoms with Crippen LogP contribution in [-0.4, -0.2) is 60.3 Å². The first-order valence-electron chi connectivity index (χ1n) is 9.45. The summed E-state index contributed by atoms with van der Waals surface area (Å²) in [4.78, 5) is 25.6. The van der Waals surface area contributed by atoms with Crippen LogP contribution in [0.2, 0.25) is 0 Å². The van der Waals surface area contributed by atoms with Crippen LogP contribution in [-0.2, 0) is 4.74 Å². The van der Waals surface area contributed by atoms with Crippen molar-refractivity contribution in [2.45, 2.75) is 6.42 Å². The number of morpholine rings is 1. The van der Waals surface area contributed by atoms with Crippen molar-refractivity contribution in [1.82, 2.24) is 4.90 Å². The molecule has 1 aliphatic heterocycles. The van der Waals surface area contributed by atoms with Crippen molar-refractivity contribution in [3.8, 4) is 11.5 Å².